The quantitative estimate of drug-likeness (QED) is 0.0222. The molecule has 17 nitrogen and oxygen atoms in total. The molecule has 0 spiro atoms. The molecule has 0 aliphatic rings. The topological polar surface area (TPSA) is 237 Å². The average Bonchev–Trinajstić information content (AvgIpc) is 1.65. The number of phosphoric ester groups is 2. The largest absolute Gasteiger partial charge is 0.472 e. The normalized spacial score (nSPS) is 13.9. The number of aliphatic hydroxyl groups excluding tert-OH is 1. The molecule has 0 aromatic heterocycles. The highest BCUT2D eigenvalue weighted by molar-refractivity contribution is 7.47. The summed E-state index contributed by atoms with van der Waals surface area (Å²) in [4.78, 5) is 72.5. The summed E-state index contributed by atoms with van der Waals surface area (Å²) in [6.45, 7) is 7.22. The Hall–Kier alpha value is -1.94. The number of unbranched alkanes of at least 4 members (excludes halogenated alkanes) is 48. The molecule has 0 aromatic rings. The van der Waals surface area contributed by atoms with Crippen LogP contribution >= 0.6 is 15.6 Å². The number of hydrogen-bond donors (Lipinski definition) is 3. The summed E-state index contributed by atoms with van der Waals surface area (Å²) in [5, 5.41) is 10.6. The first-order valence-corrected chi connectivity index (χ1v) is 42.6. The van der Waals surface area contributed by atoms with Crippen LogP contribution in [-0.2, 0) is 65.4 Å². The first-order chi connectivity index (χ1) is 46.0. The summed E-state index contributed by atoms with van der Waals surface area (Å²) in [5.41, 5.74) is 0. The van der Waals surface area contributed by atoms with Crippen LogP contribution in [0.4, 0.5) is 0 Å². The highest BCUT2D eigenvalue weighted by atomic mass is 31.2. The van der Waals surface area contributed by atoms with Gasteiger partial charge in [0.2, 0.25) is 0 Å². The van der Waals surface area contributed by atoms with Gasteiger partial charge in [-0.2, -0.15) is 0 Å². The Morgan fingerprint density at radius 3 is 0.716 bits per heavy atom. The van der Waals surface area contributed by atoms with E-state index in [0.29, 0.717) is 25.7 Å². The fourth-order valence-corrected chi connectivity index (χ4v) is 13.3. The maximum absolute atomic E-state index is 13.1. The number of carbonyl (C=O) groups is 4. The predicted octanol–water partition coefficient (Wildman–Crippen LogP) is 22.5. The Labute approximate surface area is 581 Å². The highest BCUT2D eigenvalue weighted by Gasteiger charge is 2.30. The zero-order chi connectivity index (χ0) is 69.8. The molecule has 0 rings (SSSR count). The van der Waals surface area contributed by atoms with Gasteiger partial charge >= 0.3 is 39.5 Å². The molecule has 0 aromatic carbocycles. The van der Waals surface area contributed by atoms with Crippen molar-refractivity contribution < 1.29 is 80.2 Å². The van der Waals surface area contributed by atoms with Crippen LogP contribution < -0.4 is 0 Å². The van der Waals surface area contributed by atoms with Crippen LogP contribution in [0.25, 0.3) is 0 Å². The van der Waals surface area contributed by atoms with Gasteiger partial charge in [0.1, 0.15) is 19.3 Å². The van der Waals surface area contributed by atoms with E-state index in [9.17, 15) is 43.2 Å². The molecular formula is C76H148O17P2. The van der Waals surface area contributed by atoms with Crippen LogP contribution in [0.15, 0.2) is 0 Å². The first kappa shape index (κ1) is 93.1. The van der Waals surface area contributed by atoms with Gasteiger partial charge in [-0.25, -0.2) is 9.13 Å². The van der Waals surface area contributed by atoms with E-state index in [0.717, 1.165) is 102 Å². The minimum atomic E-state index is -4.95. The molecule has 5 atom stereocenters. The van der Waals surface area contributed by atoms with Gasteiger partial charge in [-0.3, -0.25) is 37.3 Å². The maximum Gasteiger partial charge on any atom is 0.472 e. The molecule has 0 fully saturated rings. The number of aliphatic hydroxyl groups is 1. The average molecular weight is 1400 g/mol. The zero-order valence-corrected chi connectivity index (χ0v) is 63.6. The number of carbonyl (C=O) groups excluding carboxylic acids is 4. The van der Waals surface area contributed by atoms with Crippen molar-refractivity contribution in [2.45, 2.75) is 419 Å². The van der Waals surface area contributed by atoms with Gasteiger partial charge in [0.15, 0.2) is 12.2 Å². The first-order valence-electron chi connectivity index (χ1n) is 39.6. The Balaban J connectivity index is 5.14. The van der Waals surface area contributed by atoms with Gasteiger partial charge in [-0.15, -0.1) is 0 Å². The maximum atomic E-state index is 13.1. The lowest BCUT2D eigenvalue weighted by molar-refractivity contribution is -0.161. The third-order valence-corrected chi connectivity index (χ3v) is 19.7. The molecule has 0 aliphatic carbocycles. The van der Waals surface area contributed by atoms with Crippen molar-refractivity contribution in [3.8, 4) is 0 Å². The second-order valence-corrected chi connectivity index (χ2v) is 30.8. The Kier molecular flexibility index (Phi) is 67.7. The Morgan fingerprint density at radius 2 is 0.484 bits per heavy atom. The molecule has 0 amide bonds. The summed E-state index contributed by atoms with van der Waals surface area (Å²) in [7, 11) is -9.90. The lowest BCUT2D eigenvalue weighted by Crippen LogP contribution is -2.30. The second kappa shape index (κ2) is 69.2. The van der Waals surface area contributed by atoms with Crippen molar-refractivity contribution in [3.05, 3.63) is 0 Å². The second-order valence-electron chi connectivity index (χ2n) is 27.9. The molecular weight excluding hydrogens is 1250 g/mol. The minimum Gasteiger partial charge on any atom is -0.462 e. The molecule has 19 heteroatoms. The fraction of sp³-hybridized carbons (Fsp3) is 0.947. The van der Waals surface area contributed by atoms with E-state index in [2.05, 4.69) is 34.6 Å². The van der Waals surface area contributed by atoms with Crippen molar-refractivity contribution in [2.75, 3.05) is 39.6 Å². The number of esters is 4. The highest BCUT2D eigenvalue weighted by Crippen LogP contribution is 2.45. The number of ether oxygens (including phenoxy) is 4. The summed E-state index contributed by atoms with van der Waals surface area (Å²) in [6.07, 6.45) is 58.7. The molecule has 2 unspecified atom stereocenters. The third kappa shape index (κ3) is 70.3. The van der Waals surface area contributed by atoms with Crippen molar-refractivity contribution in [1.29, 1.82) is 0 Å². The molecule has 95 heavy (non-hydrogen) atoms. The Morgan fingerprint density at radius 1 is 0.284 bits per heavy atom. The van der Waals surface area contributed by atoms with E-state index >= 15 is 0 Å². The van der Waals surface area contributed by atoms with Crippen LogP contribution in [-0.4, -0.2) is 96.7 Å². The van der Waals surface area contributed by atoms with Gasteiger partial charge in [-0.05, 0) is 31.6 Å². The smallest absolute Gasteiger partial charge is 0.462 e. The number of phosphoric acid groups is 2. The number of rotatable bonds is 76. The lowest BCUT2D eigenvalue weighted by Gasteiger charge is -2.21. The molecule has 3 N–H and O–H groups in total. The van der Waals surface area contributed by atoms with Crippen LogP contribution in [0, 0.1) is 5.92 Å². The lowest BCUT2D eigenvalue weighted by atomic mass is 10.0. The fourth-order valence-electron chi connectivity index (χ4n) is 11.7. The SMILES string of the molecule is CCCCCCCCCCCCCCCCCCCCC(=O)O[C@H](COC(=O)CCCCCCCCCCCCCCCCCCC)COP(=O)(O)OC[C@@H](O)COP(=O)(O)OC[C@@H](COC(=O)CCCCCCC)OC(=O)CCCCCCCCCCCCCCC(C)C. The molecule has 0 saturated carbocycles. The van der Waals surface area contributed by atoms with E-state index in [4.69, 9.17) is 37.0 Å². The summed E-state index contributed by atoms with van der Waals surface area (Å²) >= 11 is 0. The van der Waals surface area contributed by atoms with Crippen molar-refractivity contribution in [1.82, 2.24) is 0 Å². The van der Waals surface area contributed by atoms with Crippen LogP contribution in [0.1, 0.15) is 401 Å². The van der Waals surface area contributed by atoms with E-state index in [1.807, 2.05) is 0 Å². The minimum absolute atomic E-state index is 0.106. The molecule has 0 aliphatic heterocycles. The summed E-state index contributed by atoms with van der Waals surface area (Å²) < 4.78 is 68.3. The van der Waals surface area contributed by atoms with E-state index in [-0.39, 0.29) is 25.7 Å². The monoisotopic (exact) mass is 1400 g/mol. The molecule has 0 heterocycles. The van der Waals surface area contributed by atoms with E-state index < -0.39 is 97.5 Å². The summed E-state index contributed by atoms with van der Waals surface area (Å²) in [6, 6.07) is 0. The van der Waals surface area contributed by atoms with Crippen LogP contribution in [0.2, 0.25) is 0 Å². The molecule has 564 valence electrons. The molecule has 0 bridgehead atoms. The van der Waals surface area contributed by atoms with Crippen molar-refractivity contribution in [2.24, 2.45) is 5.92 Å². The van der Waals surface area contributed by atoms with Crippen molar-refractivity contribution in [3.63, 3.8) is 0 Å². The van der Waals surface area contributed by atoms with Crippen molar-refractivity contribution >= 4 is 39.5 Å². The standard InChI is InChI=1S/C76H148O17P2/c1-6-9-12-15-17-19-21-23-25-27-29-31-33-38-42-46-51-56-62-76(81)93-72(66-87-74(79)60-55-50-45-41-37-32-30-28-26-24-22-20-18-16-13-10-7-2)68-91-95(84,85)89-64-70(77)63-88-94(82,83)90-67-71(65-86-73(78)59-54-48-14-11-8-3)92-75(80)61-57-52-47-43-39-35-34-36-40-44-49-53-58-69(4)5/h69-72,77H,6-68H2,1-5H3,(H,82,83)(H,84,85)/t70-,71+,72+/m0/s1. The van der Waals surface area contributed by atoms with Gasteiger partial charge in [0, 0.05) is 25.7 Å². The molecule has 0 saturated heterocycles. The molecule has 0 radical (unpaired) electrons. The van der Waals surface area contributed by atoms with E-state index in [1.165, 1.54) is 218 Å². The Bertz CT molecular complexity index is 1820. The third-order valence-electron chi connectivity index (χ3n) is 17.8. The van der Waals surface area contributed by atoms with Gasteiger partial charge in [0.25, 0.3) is 0 Å². The van der Waals surface area contributed by atoms with Gasteiger partial charge < -0.3 is 33.8 Å². The van der Waals surface area contributed by atoms with Crippen LogP contribution in [0.3, 0.4) is 0 Å². The zero-order valence-electron chi connectivity index (χ0n) is 61.8. The summed E-state index contributed by atoms with van der Waals surface area (Å²) in [5.74, 6) is -1.35. The predicted molar refractivity (Wildman–Crippen MR) is 386 cm³/mol. The van der Waals surface area contributed by atoms with Gasteiger partial charge in [-0.1, -0.05) is 349 Å². The van der Waals surface area contributed by atoms with Gasteiger partial charge in [0.05, 0.1) is 26.4 Å². The van der Waals surface area contributed by atoms with Crippen LogP contribution in [0.5, 0.6) is 0 Å². The number of hydrogen-bond acceptors (Lipinski definition) is 15. The van der Waals surface area contributed by atoms with E-state index in [1.54, 1.807) is 0 Å².